The second-order valence-electron chi connectivity index (χ2n) is 6.72. The SMILES string of the molecule is CCCn1c([C@H](C)NC(=O)c2cc(OC)c(OC)c(OC)c2)nc2ccccc21. The molecule has 1 aromatic heterocycles. The Hall–Kier alpha value is -3.22. The molecule has 0 spiro atoms. The molecule has 0 aliphatic heterocycles. The highest BCUT2D eigenvalue weighted by Gasteiger charge is 2.21. The zero-order valence-corrected chi connectivity index (χ0v) is 17.5. The van der Waals surface area contributed by atoms with E-state index in [1.54, 1.807) is 12.1 Å². The van der Waals surface area contributed by atoms with E-state index in [4.69, 9.17) is 19.2 Å². The van der Waals surface area contributed by atoms with Crippen LogP contribution in [0.4, 0.5) is 0 Å². The van der Waals surface area contributed by atoms with Crippen molar-refractivity contribution in [2.75, 3.05) is 21.3 Å². The minimum Gasteiger partial charge on any atom is -0.493 e. The van der Waals surface area contributed by atoms with Crippen LogP contribution in [0.15, 0.2) is 36.4 Å². The summed E-state index contributed by atoms with van der Waals surface area (Å²) < 4.78 is 18.2. The lowest BCUT2D eigenvalue weighted by Crippen LogP contribution is -2.28. The van der Waals surface area contributed by atoms with Crippen molar-refractivity contribution in [1.29, 1.82) is 0 Å². The monoisotopic (exact) mass is 397 g/mol. The molecule has 0 aliphatic rings. The maximum atomic E-state index is 12.9. The summed E-state index contributed by atoms with van der Waals surface area (Å²) in [5.41, 5.74) is 2.41. The fraction of sp³-hybridized carbons (Fsp3) is 0.364. The van der Waals surface area contributed by atoms with Crippen molar-refractivity contribution < 1.29 is 19.0 Å². The van der Waals surface area contributed by atoms with Gasteiger partial charge in [-0.3, -0.25) is 4.79 Å². The van der Waals surface area contributed by atoms with Gasteiger partial charge in [0.2, 0.25) is 5.75 Å². The summed E-state index contributed by atoms with van der Waals surface area (Å²) in [4.78, 5) is 17.7. The summed E-state index contributed by atoms with van der Waals surface area (Å²) in [5.74, 6) is 1.90. The molecule has 7 nitrogen and oxygen atoms in total. The average molecular weight is 397 g/mol. The minimum absolute atomic E-state index is 0.244. The van der Waals surface area contributed by atoms with Crippen LogP contribution in [0, 0.1) is 0 Å². The third-order valence-corrected chi connectivity index (χ3v) is 4.79. The van der Waals surface area contributed by atoms with Gasteiger partial charge in [-0.05, 0) is 37.6 Å². The number of amides is 1. The number of imidazole rings is 1. The Bertz CT molecular complexity index is 987. The Morgan fingerprint density at radius 1 is 1.10 bits per heavy atom. The molecular weight excluding hydrogens is 370 g/mol. The molecule has 1 atom stereocenters. The minimum atomic E-state index is -0.277. The molecule has 0 fully saturated rings. The number of nitrogens with one attached hydrogen (secondary N) is 1. The van der Waals surface area contributed by atoms with Gasteiger partial charge in [0.25, 0.3) is 5.91 Å². The first-order valence-corrected chi connectivity index (χ1v) is 9.60. The Labute approximate surface area is 170 Å². The van der Waals surface area contributed by atoms with Crippen LogP contribution < -0.4 is 19.5 Å². The first kappa shape index (κ1) is 20.5. The van der Waals surface area contributed by atoms with Crippen molar-refractivity contribution in [2.24, 2.45) is 0 Å². The Morgan fingerprint density at radius 2 is 1.76 bits per heavy atom. The summed E-state index contributed by atoms with van der Waals surface area (Å²) in [7, 11) is 4.57. The molecule has 0 saturated heterocycles. The van der Waals surface area contributed by atoms with Gasteiger partial charge in [-0.25, -0.2) is 4.98 Å². The number of hydrogen-bond acceptors (Lipinski definition) is 5. The number of carbonyl (C=O) groups is 1. The topological polar surface area (TPSA) is 74.6 Å². The molecule has 1 N–H and O–H groups in total. The van der Waals surface area contributed by atoms with Crippen LogP contribution >= 0.6 is 0 Å². The molecular formula is C22H27N3O4. The maximum Gasteiger partial charge on any atom is 0.252 e. The van der Waals surface area contributed by atoms with Crippen LogP contribution in [0.5, 0.6) is 17.2 Å². The van der Waals surface area contributed by atoms with Gasteiger partial charge in [-0.1, -0.05) is 19.1 Å². The zero-order valence-electron chi connectivity index (χ0n) is 17.5. The number of rotatable bonds is 8. The van der Waals surface area contributed by atoms with Crippen LogP contribution in [-0.4, -0.2) is 36.8 Å². The van der Waals surface area contributed by atoms with Gasteiger partial charge in [0.1, 0.15) is 5.82 Å². The summed E-state index contributed by atoms with van der Waals surface area (Å²) in [6.07, 6.45) is 0.973. The van der Waals surface area contributed by atoms with E-state index in [9.17, 15) is 4.79 Å². The molecule has 0 bridgehead atoms. The average Bonchev–Trinajstić information content (AvgIpc) is 3.11. The largest absolute Gasteiger partial charge is 0.493 e. The zero-order chi connectivity index (χ0) is 21.0. The molecule has 0 aliphatic carbocycles. The number of para-hydroxylation sites is 2. The number of aryl methyl sites for hydroxylation is 1. The number of fused-ring (bicyclic) bond motifs is 1. The number of methoxy groups -OCH3 is 3. The molecule has 154 valence electrons. The number of hydrogen-bond donors (Lipinski definition) is 1. The van der Waals surface area contributed by atoms with Gasteiger partial charge < -0.3 is 24.1 Å². The van der Waals surface area contributed by atoms with E-state index >= 15 is 0 Å². The smallest absolute Gasteiger partial charge is 0.252 e. The normalized spacial score (nSPS) is 11.9. The molecule has 29 heavy (non-hydrogen) atoms. The Kier molecular flexibility index (Phi) is 6.26. The third-order valence-electron chi connectivity index (χ3n) is 4.79. The van der Waals surface area contributed by atoms with Crippen LogP contribution in [0.2, 0.25) is 0 Å². The van der Waals surface area contributed by atoms with Gasteiger partial charge >= 0.3 is 0 Å². The summed E-state index contributed by atoms with van der Waals surface area (Å²) in [6.45, 7) is 4.89. The van der Waals surface area contributed by atoms with Crippen molar-refractivity contribution >= 4 is 16.9 Å². The molecule has 1 heterocycles. The number of aromatic nitrogens is 2. The van der Waals surface area contributed by atoms with E-state index in [1.807, 2.05) is 25.1 Å². The Morgan fingerprint density at radius 3 is 2.34 bits per heavy atom. The predicted octanol–water partition coefficient (Wildman–Crippen LogP) is 3.96. The third kappa shape index (κ3) is 3.99. The van der Waals surface area contributed by atoms with Crippen LogP contribution in [-0.2, 0) is 6.54 Å². The van der Waals surface area contributed by atoms with E-state index in [2.05, 4.69) is 22.9 Å². The highest BCUT2D eigenvalue weighted by atomic mass is 16.5. The molecule has 1 amide bonds. The summed E-state index contributed by atoms with van der Waals surface area (Å²) >= 11 is 0. The lowest BCUT2D eigenvalue weighted by Gasteiger charge is -2.17. The fourth-order valence-electron chi connectivity index (χ4n) is 3.44. The molecule has 3 aromatic rings. The van der Waals surface area contributed by atoms with Crippen LogP contribution in [0.3, 0.4) is 0 Å². The lowest BCUT2D eigenvalue weighted by atomic mass is 10.1. The second-order valence-corrected chi connectivity index (χ2v) is 6.72. The molecule has 7 heteroatoms. The standard InChI is InChI=1S/C22H27N3O4/c1-6-11-25-17-10-8-7-9-16(17)24-21(25)14(2)23-22(26)15-12-18(27-3)20(29-5)19(13-15)28-4/h7-10,12-14H,6,11H2,1-5H3,(H,23,26)/t14-/m0/s1. The lowest BCUT2D eigenvalue weighted by molar-refractivity contribution is 0.0937. The highest BCUT2D eigenvalue weighted by Crippen LogP contribution is 2.38. The van der Waals surface area contributed by atoms with Crippen molar-refractivity contribution in [1.82, 2.24) is 14.9 Å². The van der Waals surface area contributed by atoms with Gasteiger partial charge in [0.05, 0.1) is 38.4 Å². The maximum absolute atomic E-state index is 12.9. The molecule has 2 aromatic carbocycles. The van der Waals surface area contributed by atoms with E-state index < -0.39 is 0 Å². The van der Waals surface area contributed by atoms with E-state index in [1.165, 1.54) is 21.3 Å². The second kappa shape index (κ2) is 8.86. The molecule has 3 rings (SSSR count). The quantitative estimate of drug-likeness (QED) is 0.623. The van der Waals surface area contributed by atoms with Gasteiger partial charge in [0.15, 0.2) is 11.5 Å². The van der Waals surface area contributed by atoms with Gasteiger partial charge in [0, 0.05) is 12.1 Å². The number of ether oxygens (including phenoxy) is 3. The van der Waals surface area contributed by atoms with Crippen molar-refractivity contribution in [3.63, 3.8) is 0 Å². The van der Waals surface area contributed by atoms with Crippen LogP contribution in [0.1, 0.15) is 42.5 Å². The molecule has 0 radical (unpaired) electrons. The van der Waals surface area contributed by atoms with Crippen molar-refractivity contribution in [3.8, 4) is 17.2 Å². The van der Waals surface area contributed by atoms with Crippen molar-refractivity contribution in [3.05, 3.63) is 47.8 Å². The van der Waals surface area contributed by atoms with Crippen LogP contribution in [0.25, 0.3) is 11.0 Å². The van der Waals surface area contributed by atoms with Crippen molar-refractivity contribution in [2.45, 2.75) is 32.9 Å². The fourth-order valence-corrected chi connectivity index (χ4v) is 3.44. The van der Waals surface area contributed by atoms with Gasteiger partial charge in [-0.2, -0.15) is 0 Å². The summed E-state index contributed by atoms with van der Waals surface area (Å²) in [5, 5.41) is 3.04. The first-order chi connectivity index (χ1) is 14.0. The van der Waals surface area contributed by atoms with E-state index in [0.717, 1.165) is 29.8 Å². The predicted molar refractivity (Wildman–Crippen MR) is 112 cm³/mol. The highest BCUT2D eigenvalue weighted by molar-refractivity contribution is 5.96. The van der Waals surface area contributed by atoms with Gasteiger partial charge in [-0.15, -0.1) is 0 Å². The molecule has 0 saturated carbocycles. The summed E-state index contributed by atoms with van der Waals surface area (Å²) in [6, 6.07) is 11.0. The number of nitrogens with zero attached hydrogens (tertiary/aromatic N) is 2. The van der Waals surface area contributed by atoms with E-state index in [-0.39, 0.29) is 11.9 Å². The van der Waals surface area contributed by atoms with E-state index in [0.29, 0.717) is 22.8 Å². The number of benzene rings is 2. The number of carbonyl (C=O) groups excluding carboxylic acids is 1. The Balaban J connectivity index is 1.92. The molecule has 0 unspecified atom stereocenters. The first-order valence-electron chi connectivity index (χ1n) is 9.60.